The van der Waals surface area contributed by atoms with Crippen LogP contribution >= 0.6 is 22.9 Å². The fourth-order valence-corrected chi connectivity index (χ4v) is 4.12. The van der Waals surface area contributed by atoms with Crippen molar-refractivity contribution in [1.82, 2.24) is 4.90 Å². The van der Waals surface area contributed by atoms with E-state index in [-0.39, 0.29) is 11.8 Å². The first-order valence-corrected chi connectivity index (χ1v) is 8.34. The molecule has 0 saturated heterocycles. The van der Waals surface area contributed by atoms with Crippen LogP contribution in [0.2, 0.25) is 4.34 Å². The molecular weight excluding hydrogens is 310 g/mol. The molecule has 2 rings (SSSR count). The van der Waals surface area contributed by atoms with Gasteiger partial charge in [0.2, 0.25) is 5.91 Å². The second kappa shape index (κ2) is 6.36. The van der Waals surface area contributed by atoms with Crippen molar-refractivity contribution in [2.45, 2.75) is 50.5 Å². The molecule has 0 aromatic carbocycles. The van der Waals surface area contributed by atoms with Gasteiger partial charge in [0.1, 0.15) is 5.54 Å². The van der Waals surface area contributed by atoms with Crippen molar-refractivity contribution in [1.29, 1.82) is 0 Å². The van der Waals surface area contributed by atoms with Crippen LogP contribution in [-0.2, 0) is 9.59 Å². The molecule has 0 radical (unpaired) electrons. The molecule has 0 aliphatic heterocycles. The summed E-state index contributed by atoms with van der Waals surface area (Å²) in [5.41, 5.74) is -1.05. The van der Waals surface area contributed by atoms with E-state index in [1.54, 1.807) is 20.0 Å². The molecule has 0 bridgehead atoms. The maximum atomic E-state index is 12.7. The van der Waals surface area contributed by atoms with E-state index in [9.17, 15) is 14.7 Å². The Morgan fingerprint density at radius 2 is 1.95 bits per heavy atom. The van der Waals surface area contributed by atoms with Gasteiger partial charge in [0.15, 0.2) is 0 Å². The smallest absolute Gasteiger partial charge is 0.329 e. The first-order chi connectivity index (χ1) is 9.88. The van der Waals surface area contributed by atoms with Crippen molar-refractivity contribution in [2.75, 3.05) is 7.05 Å². The zero-order valence-electron chi connectivity index (χ0n) is 12.3. The standard InChI is InChI=1S/C15H20ClNO3S/c1-10(11-6-7-12(16)21-11)13(18)17(2)15(14(19)20)8-4-3-5-9-15/h6-7,10H,3-5,8-9H2,1-2H3,(H,19,20). The molecule has 1 heterocycles. The molecule has 1 aliphatic rings. The summed E-state index contributed by atoms with van der Waals surface area (Å²) in [5.74, 6) is -1.42. The summed E-state index contributed by atoms with van der Waals surface area (Å²) in [5, 5.41) is 9.65. The van der Waals surface area contributed by atoms with Crippen molar-refractivity contribution in [3.8, 4) is 0 Å². The van der Waals surface area contributed by atoms with E-state index in [0.29, 0.717) is 17.2 Å². The normalized spacial score (nSPS) is 19.0. The van der Waals surface area contributed by atoms with Crippen LogP contribution in [0.3, 0.4) is 0 Å². The summed E-state index contributed by atoms with van der Waals surface area (Å²) < 4.78 is 0.637. The summed E-state index contributed by atoms with van der Waals surface area (Å²) >= 11 is 7.28. The lowest BCUT2D eigenvalue weighted by molar-refractivity contribution is -0.160. The molecule has 1 atom stereocenters. The highest BCUT2D eigenvalue weighted by Crippen LogP contribution is 2.36. The van der Waals surface area contributed by atoms with E-state index in [4.69, 9.17) is 11.6 Å². The molecule has 116 valence electrons. The van der Waals surface area contributed by atoms with Crippen LogP contribution in [-0.4, -0.2) is 34.5 Å². The number of aliphatic carboxylic acids is 1. The highest BCUT2D eigenvalue weighted by molar-refractivity contribution is 7.16. The number of amides is 1. The number of thiophene rings is 1. The minimum absolute atomic E-state index is 0.155. The Kier molecular flexibility index (Phi) is 4.94. The fraction of sp³-hybridized carbons (Fsp3) is 0.600. The van der Waals surface area contributed by atoms with Gasteiger partial charge < -0.3 is 10.0 Å². The Balaban J connectivity index is 2.22. The largest absolute Gasteiger partial charge is 0.479 e. The van der Waals surface area contributed by atoms with Gasteiger partial charge in [-0.15, -0.1) is 11.3 Å². The third kappa shape index (κ3) is 3.09. The van der Waals surface area contributed by atoms with Crippen LogP contribution in [0.15, 0.2) is 12.1 Å². The van der Waals surface area contributed by atoms with E-state index < -0.39 is 11.5 Å². The molecule has 1 aromatic rings. The summed E-state index contributed by atoms with van der Waals surface area (Å²) in [4.78, 5) is 26.8. The first kappa shape index (κ1) is 16.3. The van der Waals surface area contributed by atoms with Crippen molar-refractivity contribution in [3.63, 3.8) is 0 Å². The molecule has 1 saturated carbocycles. The minimum Gasteiger partial charge on any atom is -0.479 e. The van der Waals surface area contributed by atoms with E-state index in [1.807, 2.05) is 6.07 Å². The van der Waals surface area contributed by atoms with Crippen molar-refractivity contribution >= 4 is 34.8 Å². The van der Waals surface area contributed by atoms with Crippen LogP contribution in [0.25, 0.3) is 0 Å². The average Bonchev–Trinajstić information content (AvgIpc) is 2.92. The molecule has 1 aromatic heterocycles. The van der Waals surface area contributed by atoms with Crippen molar-refractivity contribution in [3.05, 3.63) is 21.3 Å². The maximum Gasteiger partial charge on any atom is 0.329 e. The lowest BCUT2D eigenvalue weighted by atomic mass is 9.80. The molecular formula is C15H20ClNO3S. The van der Waals surface area contributed by atoms with E-state index in [2.05, 4.69) is 0 Å². The summed E-state index contributed by atoms with van der Waals surface area (Å²) in [7, 11) is 1.62. The van der Waals surface area contributed by atoms with Gasteiger partial charge in [0.05, 0.1) is 10.3 Å². The lowest BCUT2D eigenvalue weighted by Crippen LogP contribution is -2.57. The number of hydrogen-bond donors (Lipinski definition) is 1. The number of likely N-dealkylation sites (N-methyl/N-ethyl adjacent to an activating group) is 1. The second-order valence-electron chi connectivity index (χ2n) is 5.66. The van der Waals surface area contributed by atoms with Crippen molar-refractivity contribution in [2.24, 2.45) is 0 Å². The third-order valence-electron chi connectivity index (χ3n) is 4.44. The molecule has 4 nitrogen and oxygen atoms in total. The number of carboxylic acid groups (broad SMARTS) is 1. The monoisotopic (exact) mass is 329 g/mol. The average molecular weight is 330 g/mol. The Morgan fingerprint density at radius 3 is 2.43 bits per heavy atom. The molecule has 1 aliphatic carbocycles. The Bertz CT molecular complexity index is 537. The highest BCUT2D eigenvalue weighted by Gasteiger charge is 2.46. The molecule has 1 N–H and O–H groups in total. The fourth-order valence-electron chi connectivity index (χ4n) is 3.01. The van der Waals surface area contributed by atoms with Crippen LogP contribution in [0, 0.1) is 0 Å². The van der Waals surface area contributed by atoms with Gasteiger partial charge in [-0.3, -0.25) is 4.79 Å². The van der Waals surface area contributed by atoms with E-state index >= 15 is 0 Å². The van der Waals surface area contributed by atoms with Gasteiger partial charge in [-0.2, -0.15) is 0 Å². The Morgan fingerprint density at radius 1 is 1.33 bits per heavy atom. The molecule has 21 heavy (non-hydrogen) atoms. The zero-order valence-corrected chi connectivity index (χ0v) is 13.8. The Hall–Kier alpha value is -1.07. The summed E-state index contributed by atoms with van der Waals surface area (Å²) in [6.45, 7) is 1.80. The summed E-state index contributed by atoms with van der Waals surface area (Å²) in [6.07, 6.45) is 3.80. The number of carbonyl (C=O) groups excluding carboxylic acids is 1. The number of hydrogen-bond acceptors (Lipinski definition) is 3. The van der Waals surface area contributed by atoms with Crippen LogP contribution in [0.4, 0.5) is 0 Å². The molecule has 1 unspecified atom stereocenters. The number of carboxylic acids is 1. The molecule has 1 amide bonds. The Labute approximate surface area is 133 Å². The zero-order chi connectivity index (χ0) is 15.6. The quantitative estimate of drug-likeness (QED) is 0.915. The molecule has 1 fully saturated rings. The number of carbonyl (C=O) groups is 2. The highest BCUT2D eigenvalue weighted by atomic mass is 35.5. The maximum absolute atomic E-state index is 12.7. The first-order valence-electron chi connectivity index (χ1n) is 7.15. The minimum atomic E-state index is -1.05. The topological polar surface area (TPSA) is 57.6 Å². The lowest BCUT2D eigenvalue weighted by Gasteiger charge is -2.41. The predicted molar refractivity (Wildman–Crippen MR) is 84.0 cm³/mol. The molecule has 0 spiro atoms. The van der Waals surface area contributed by atoms with Crippen LogP contribution < -0.4 is 0 Å². The summed E-state index contributed by atoms with van der Waals surface area (Å²) in [6, 6.07) is 3.59. The predicted octanol–water partition coefficient (Wildman–Crippen LogP) is 3.75. The van der Waals surface area contributed by atoms with Crippen LogP contribution in [0.5, 0.6) is 0 Å². The SMILES string of the molecule is CC(C(=O)N(C)C1(C(=O)O)CCCCC1)c1ccc(Cl)s1. The van der Waals surface area contributed by atoms with Gasteiger partial charge in [-0.25, -0.2) is 4.79 Å². The van der Waals surface area contributed by atoms with Gasteiger partial charge >= 0.3 is 5.97 Å². The number of rotatable bonds is 4. The van der Waals surface area contributed by atoms with E-state index in [0.717, 1.165) is 24.1 Å². The van der Waals surface area contributed by atoms with Crippen LogP contribution in [0.1, 0.15) is 49.8 Å². The molecule has 6 heteroatoms. The van der Waals surface area contributed by atoms with Crippen molar-refractivity contribution < 1.29 is 14.7 Å². The van der Waals surface area contributed by atoms with Gasteiger partial charge in [0.25, 0.3) is 0 Å². The van der Waals surface area contributed by atoms with Gasteiger partial charge in [-0.1, -0.05) is 30.9 Å². The van der Waals surface area contributed by atoms with Gasteiger partial charge in [0, 0.05) is 11.9 Å². The van der Waals surface area contributed by atoms with Gasteiger partial charge in [-0.05, 0) is 31.9 Å². The van der Waals surface area contributed by atoms with E-state index in [1.165, 1.54) is 16.2 Å². The number of halogens is 1. The third-order valence-corrected chi connectivity index (χ3v) is 5.86. The number of nitrogens with zero attached hydrogens (tertiary/aromatic N) is 1. The second-order valence-corrected chi connectivity index (χ2v) is 7.40.